The van der Waals surface area contributed by atoms with Crippen LogP contribution in [0.4, 0.5) is 0 Å². The van der Waals surface area contributed by atoms with Gasteiger partial charge in [-0.25, -0.2) is 4.98 Å². The minimum atomic E-state index is -0.434. The van der Waals surface area contributed by atoms with E-state index in [0.717, 1.165) is 15.6 Å². The molecule has 3 amide bonds. The maximum absolute atomic E-state index is 12.6. The van der Waals surface area contributed by atoms with Gasteiger partial charge in [0.1, 0.15) is 10.8 Å². The van der Waals surface area contributed by atoms with Gasteiger partial charge in [-0.15, -0.1) is 11.3 Å². The number of aryl methyl sites for hydroxylation is 1. The van der Waals surface area contributed by atoms with Gasteiger partial charge in [-0.3, -0.25) is 19.3 Å². The normalized spacial score (nSPS) is 13.1. The molecule has 7 nitrogen and oxygen atoms in total. The number of fused-ring (bicyclic) bond motifs is 1. The molecule has 0 fully saturated rings. The maximum atomic E-state index is 12.6. The van der Waals surface area contributed by atoms with Crippen LogP contribution in [0.25, 0.3) is 0 Å². The van der Waals surface area contributed by atoms with Crippen molar-refractivity contribution in [3.8, 4) is 0 Å². The summed E-state index contributed by atoms with van der Waals surface area (Å²) >= 11 is 1.47. The number of hydrogen-bond acceptors (Lipinski definition) is 6. The number of furan rings is 1. The Balaban J connectivity index is 1.51. The third-order valence-corrected chi connectivity index (χ3v) is 5.16. The molecule has 8 heteroatoms. The summed E-state index contributed by atoms with van der Waals surface area (Å²) in [5, 5.41) is 5.49. The molecule has 136 valence electrons. The van der Waals surface area contributed by atoms with Crippen LogP contribution in [0.5, 0.6) is 0 Å². The van der Waals surface area contributed by atoms with Gasteiger partial charge in [-0.05, 0) is 37.3 Å². The highest BCUT2D eigenvalue weighted by Gasteiger charge is 2.36. The number of nitrogens with zero attached hydrogens (tertiary/aromatic N) is 2. The van der Waals surface area contributed by atoms with Gasteiger partial charge in [0.2, 0.25) is 0 Å². The van der Waals surface area contributed by atoms with E-state index in [4.69, 9.17) is 4.42 Å². The highest BCUT2D eigenvalue weighted by molar-refractivity contribution is 7.09. The Bertz CT molecular complexity index is 1040. The molecule has 3 heterocycles. The van der Waals surface area contributed by atoms with E-state index in [-0.39, 0.29) is 18.0 Å². The zero-order valence-electron chi connectivity index (χ0n) is 14.4. The average molecular weight is 381 g/mol. The minimum Gasteiger partial charge on any atom is -0.467 e. The van der Waals surface area contributed by atoms with Gasteiger partial charge in [-0.1, -0.05) is 0 Å². The molecule has 27 heavy (non-hydrogen) atoms. The summed E-state index contributed by atoms with van der Waals surface area (Å²) in [6, 6.07) is 7.91. The lowest BCUT2D eigenvalue weighted by Crippen LogP contribution is -2.28. The highest BCUT2D eigenvalue weighted by Crippen LogP contribution is 2.26. The average Bonchev–Trinajstić information content (AvgIpc) is 3.38. The van der Waals surface area contributed by atoms with E-state index >= 15 is 0 Å². The summed E-state index contributed by atoms with van der Waals surface area (Å²) in [6.45, 7) is 2.26. The van der Waals surface area contributed by atoms with Crippen LogP contribution < -0.4 is 5.32 Å². The molecule has 2 aromatic heterocycles. The van der Waals surface area contributed by atoms with Crippen LogP contribution in [0, 0.1) is 6.92 Å². The first-order chi connectivity index (χ1) is 13.0. The largest absolute Gasteiger partial charge is 0.467 e. The lowest BCUT2D eigenvalue weighted by atomic mass is 10.1. The molecule has 4 rings (SSSR count). The molecule has 0 atom stereocenters. The van der Waals surface area contributed by atoms with E-state index in [9.17, 15) is 14.4 Å². The van der Waals surface area contributed by atoms with Crippen LogP contribution >= 0.6 is 11.3 Å². The number of benzene rings is 1. The fraction of sp³-hybridized carbons (Fsp3) is 0.158. The second kappa shape index (κ2) is 6.81. The zero-order valence-corrected chi connectivity index (χ0v) is 15.2. The summed E-state index contributed by atoms with van der Waals surface area (Å²) < 4.78 is 5.21. The predicted molar refractivity (Wildman–Crippen MR) is 97.4 cm³/mol. The third-order valence-electron chi connectivity index (χ3n) is 4.19. The van der Waals surface area contributed by atoms with Crippen molar-refractivity contribution in [1.29, 1.82) is 0 Å². The molecule has 0 saturated carbocycles. The Morgan fingerprint density at radius 1 is 1.22 bits per heavy atom. The first kappa shape index (κ1) is 17.2. The molecule has 0 radical (unpaired) electrons. The van der Waals surface area contributed by atoms with Gasteiger partial charge in [0.05, 0.1) is 30.5 Å². The monoisotopic (exact) mass is 381 g/mol. The van der Waals surface area contributed by atoms with Crippen molar-refractivity contribution in [2.45, 2.75) is 20.0 Å². The number of carbonyl (C=O) groups is 3. The van der Waals surface area contributed by atoms with Crippen LogP contribution in [0.15, 0.2) is 46.4 Å². The van der Waals surface area contributed by atoms with Gasteiger partial charge in [-0.2, -0.15) is 0 Å². The summed E-state index contributed by atoms with van der Waals surface area (Å²) in [7, 11) is 0. The number of rotatable bonds is 5. The first-order valence-corrected chi connectivity index (χ1v) is 9.13. The van der Waals surface area contributed by atoms with E-state index in [1.807, 2.05) is 12.3 Å². The molecular formula is C19H15N3O4S. The van der Waals surface area contributed by atoms with Crippen molar-refractivity contribution < 1.29 is 18.8 Å². The fourth-order valence-corrected chi connectivity index (χ4v) is 3.59. The summed E-state index contributed by atoms with van der Waals surface area (Å²) in [4.78, 5) is 42.9. The minimum absolute atomic E-state index is 0.0598. The number of hydrogen-bond donors (Lipinski definition) is 1. The van der Waals surface area contributed by atoms with Crippen LogP contribution in [-0.2, 0) is 13.1 Å². The molecule has 0 spiro atoms. The molecule has 0 aliphatic carbocycles. The van der Waals surface area contributed by atoms with E-state index < -0.39 is 11.8 Å². The predicted octanol–water partition coefficient (Wildman–Crippen LogP) is 2.77. The highest BCUT2D eigenvalue weighted by atomic mass is 32.1. The van der Waals surface area contributed by atoms with Crippen LogP contribution in [0.1, 0.15) is 47.5 Å². The topological polar surface area (TPSA) is 92.5 Å². The van der Waals surface area contributed by atoms with Crippen LogP contribution in [0.2, 0.25) is 0 Å². The number of aromatic nitrogens is 1. The molecule has 1 aromatic carbocycles. The van der Waals surface area contributed by atoms with Crippen molar-refractivity contribution >= 4 is 29.1 Å². The van der Waals surface area contributed by atoms with Crippen LogP contribution in [0.3, 0.4) is 0 Å². The summed E-state index contributed by atoms with van der Waals surface area (Å²) in [6.07, 6.45) is 1.49. The number of amides is 3. The lowest BCUT2D eigenvalue weighted by Gasteiger charge is -2.11. The molecule has 1 N–H and O–H groups in total. The van der Waals surface area contributed by atoms with Crippen molar-refractivity contribution in [2.75, 3.05) is 0 Å². The van der Waals surface area contributed by atoms with Gasteiger partial charge in [0.15, 0.2) is 0 Å². The number of carbonyl (C=O) groups excluding carboxylic acids is 3. The Labute approximate surface area is 158 Å². The molecule has 1 aliphatic rings. The Hall–Kier alpha value is -3.26. The van der Waals surface area contributed by atoms with Gasteiger partial charge in [0.25, 0.3) is 17.7 Å². The summed E-state index contributed by atoms with van der Waals surface area (Å²) in [5.74, 6) is -0.634. The summed E-state index contributed by atoms with van der Waals surface area (Å²) in [5.41, 5.74) is 1.74. The van der Waals surface area contributed by atoms with E-state index in [1.165, 1.54) is 29.7 Å². The zero-order chi connectivity index (χ0) is 19.0. The van der Waals surface area contributed by atoms with E-state index in [2.05, 4.69) is 10.3 Å². The molecule has 1 aliphatic heterocycles. The second-order valence-corrected chi connectivity index (χ2v) is 7.04. The Kier molecular flexibility index (Phi) is 4.33. The van der Waals surface area contributed by atoms with Crippen LogP contribution in [-0.4, -0.2) is 27.6 Å². The molecule has 3 aromatic rings. The molecular weight excluding hydrogens is 366 g/mol. The SMILES string of the molecule is Cc1csc(CNC(=O)c2ccc3c(c2)C(=O)N(Cc2ccco2)C3=O)n1. The number of nitrogens with one attached hydrogen (secondary N) is 1. The van der Waals surface area contributed by atoms with Gasteiger partial charge >= 0.3 is 0 Å². The second-order valence-electron chi connectivity index (χ2n) is 6.10. The van der Waals surface area contributed by atoms with Crippen molar-refractivity contribution in [3.05, 3.63) is 75.1 Å². The van der Waals surface area contributed by atoms with Crippen molar-refractivity contribution in [3.63, 3.8) is 0 Å². The first-order valence-electron chi connectivity index (χ1n) is 8.25. The third kappa shape index (κ3) is 3.26. The molecule has 0 unspecified atom stereocenters. The van der Waals surface area contributed by atoms with E-state index in [1.54, 1.807) is 18.2 Å². The van der Waals surface area contributed by atoms with Gasteiger partial charge < -0.3 is 9.73 Å². The number of imide groups is 1. The number of thiazole rings is 1. The maximum Gasteiger partial charge on any atom is 0.261 e. The van der Waals surface area contributed by atoms with Gasteiger partial charge in [0, 0.05) is 16.6 Å². The standard InChI is InChI=1S/C19H15N3O4S/c1-11-10-27-16(21-11)8-20-17(23)12-4-5-14-15(7-12)19(25)22(18(14)24)9-13-3-2-6-26-13/h2-7,10H,8-9H2,1H3,(H,20,23). The smallest absolute Gasteiger partial charge is 0.261 e. The fourth-order valence-electron chi connectivity index (χ4n) is 2.88. The molecule has 0 bridgehead atoms. The molecule has 0 saturated heterocycles. The lowest BCUT2D eigenvalue weighted by molar-refractivity contribution is 0.0631. The Morgan fingerprint density at radius 3 is 2.74 bits per heavy atom. The van der Waals surface area contributed by atoms with Crippen molar-refractivity contribution in [2.24, 2.45) is 0 Å². The van der Waals surface area contributed by atoms with E-state index in [0.29, 0.717) is 23.4 Å². The van der Waals surface area contributed by atoms with Crippen molar-refractivity contribution in [1.82, 2.24) is 15.2 Å². The Morgan fingerprint density at radius 2 is 2.04 bits per heavy atom. The quantitative estimate of drug-likeness (QED) is 0.686.